The third-order valence-corrected chi connectivity index (χ3v) is 1.59. The van der Waals surface area contributed by atoms with Crippen LogP contribution in [0.3, 0.4) is 0 Å². The standard InChI is InChI=1S/C10H15NO2/c1-3-12-10(13-4-2)9-6-5-7-11-8-9/h5-8,10H,3-4H2,1-2H3. The molecular weight excluding hydrogens is 166 g/mol. The first kappa shape index (κ1) is 10.2. The quantitative estimate of drug-likeness (QED) is 0.652. The van der Waals surface area contributed by atoms with Gasteiger partial charge in [0.2, 0.25) is 0 Å². The summed E-state index contributed by atoms with van der Waals surface area (Å²) in [5.74, 6) is 0. The van der Waals surface area contributed by atoms with E-state index in [2.05, 4.69) is 4.98 Å². The van der Waals surface area contributed by atoms with Crippen LogP contribution in [0.25, 0.3) is 0 Å². The maximum absolute atomic E-state index is 5.41. The molecule has 0 spiro atoms. The molecule has 3 nitrogen and oxygen atoms in total. The molecule has 3 heteroatoms. The zero-order valence-corrected chi connectivity index (χ0v) is 8.06. The average molecular weight is 181 g/mol. The first-order valence-corrected chi connectivity index (χ1v) is 4.51. The number of rotatable bonds is 5. The number of pyridine rings is 1. The van der Waals surface area contributed by atoms with Crippen LogP contribution in [0.4, 0.5) is 0 Å². The van der Waals surface area contributed by atoms with Crippen LogP contribution in [0.5, 0.6) is 0 Å². The molecule has 0 unspecified atom stereocenters. The lowest BCUT2D eigenvalue weighted by molar-refractivity contribution is -0.140. The van der Waals surface area contributed by atoms with Gasteiger partial charge in [-0.1, -0.05) is 6.07 Å². The van der Waals surface area contributed by atoms with Crippen molar-refractivity contribution in [3.05, 3.63) is 30.1 Å². The van der Waals surface area contributed by atoms with Gasteiger partial charge < -0.3 is 9.47 Å². The van der Waals surface area contributed by atoms with E-state index in [4.69, 9.17) is 9.47 Å². The number of ether oxygens (including phenoxy) is 2. The van der Waals surface area contributed by atoms with Gasteiger partial charge in [0.05, 0.1) is 0 Å². The summed E-state index contributed by atoms with van der Waals surface area (Å²) in [5, 5.41) is 0. The first-order valence-electron chi connectivity index (χ1n) is 4.51. The predicted octanol–water partition coefficient (Wildman–Crippen LogP) is 2.15. The molecule has 0 saturated heterocycles. The van der Waals surface area contributed by atoms with Gasteiger partial charge in [-0.25, -0.2) is 0 Å². The van der Waals surface area contributed by atoms with Gasteiger partial charge in [0.1, 0.15) is 0 Å². The molecule has 0 bridgehead atoms. The van der Waals surface area contributed by atoms with Gasteiger partial charge in [0, 0.05) is 31.2 Å². The van der Waals surface area contributed by atoms with E-state index in [1.807, 2.05) is 26.0 Å². The van der Waals surface area contributed by atoms with Crippen molar-refractivity contribution in [3.8, 4) is 0 Å². The Bertz CT molecular complexity index is 220. The molecule has 0 atom stereocenters. The van der Waals surface area contributed by atoms with E-state index < -0.39 is 0 Å². The van der Waals surface area contributed by atoms with Crippen LogP contribution in [0, 0.1) is 0 Å². The summed E-state index contributed by atoms with van der Waals surface area (Å²) in [6.45, 7) is 5.17. The molecule has 1 aromatic rings. The van der Waals surface area contributed by atoms with Crippen LogP contribution >= 0.6 is 0 Å². The third-order valence-electron chi connectivity index (χ3n) is 1.59. The Morgan fingerprint density at radius 1 is 1.31 bits per heavy atom. The molecule has 72 valence electrons. The highest BCUT2D eigenvalue weighted by Gasteiger charge is 2.09. The van der Waals surface area contributed by atoms with Crippen LogP contribution in [-0.2, 0) is 9.47 Å². The third kappa shape index (κ3) is 3.13. The second kappa shape index (κ2) is 5.67. The second-order valence-corrected chi connectivity index (χ2v) is 2.53. The molecule has 0 fully saturated rings. The van der Waals surface area contributed by atoms with E-state index in [1.165, 1.54) is 0 Å². The van der Waals surface area contributed by atoms with Crippen LogP contribution in [0.2, 0.25) is 0 Å². The Labute approximate surface area is 78.7 Å². The van der Waals surface area contributed by atoms with Crippen molar-refractivity contribution in [2.24, 2.45) is 0 Å². The highest BCUT2D eigenvalue weighted by atomic mass is 16.7. The summed E-state index contributed by atoms with van der Waals surface area (Å²) in [7, 11) is 0. The fourth-order valence-corrected chi connectivity index (χ4v) is 1.06. The van der Waals surface area contributed by atoms with E-state index >= 15 is 0 Å². The fourth-order valence-electron chi connectivity index (χ4n) is 1.06. The zero-order valence-electron chi connectivity index (χ0n) is 8.06. The van der Waals surface area contributed by atoms with Gasteiger partial charge in [0.15, 0.2) is 6.29 Å². The Morgan fingerprint density at radius 3 is 2.46 bits per heavy atom. The van der Waals surface area contributed by atoms with Crippen LogP contribution in [-0.4, -0.2) is 18.2 Å². The summed E-state index contributed by atoms with van der Waals surface area (Å²) in [6, 6.07) is 3.82. The maximum Gasteiger partial charge on any atom is 0.185 e. The molecule has 0 aliphatic heterocycles. The largest absolute Gasteiger partial charge is 0.349 e. The van der Waals surface area contributed by atoms with E-state index in [-0.39, 0.29) is 6.29 Å². The molecule has 0 aliphatic carbocycles. The van der Waals surface area contributed by atoms with Crippen LogP contribution < -0.4 is 0 Å². The molecule has 13 heavy (non-hydrogen) atoms. The number of aromatic nitrogens is 1. The van der Waals surface area contributed by atoms with Crippen molar-refractivity contribution < 1.29 is 9.47 Å². The molecule has 0 saturated carbocycles. The van der Waals surface area contributed by atoms with Gasteiger partial charge in [-0.05, 0) is 19.9 Å². The van der Waals surface area contributed by atoms with Crippen molar-refractivity contribution in [2.75, 3.05) is 13.2 Å². The van der Waals surface area contributed by atoms with Gasteiger partial charge in [-0.2, -0.15) is 0 Å². The molecule has 0 N–H and O–H groups in total. The lowest BCUT2D eigenvalue weighted by atomic mass is 10.3. The number of hydrogen-bond donors (Lipinski definition) is 0. The Hall–Kier alpha value is -0.930. The van der Waals surface area contributed by atoms with E-state index in [9.17, 15) is 0 Å². The smallest absolute Gasteiger partial charge is 0.185 e. The Balaban J connectivity index is 2.64. The monoisotopic (exact) mass is 181 g/mol. The molecular formula is C10H15NO2. The van der Waals surface area contributed by atoms with E-state index in [0.29, 0.717) is 13.2 Å². The lowest BCUT2D eigenvalue weighted by Crippen LogP contribution is -2.08. The minimum absolute atomic E-state index is 0.274. The topological polar surface area (TPSA) is 31.4 Å². The first-order chi connectivity index (χ1) is 6.38. The summed E-state index contributed by atoms with van der Waals surface area (Å²) < 4.78 is 10.8. The number of nitrogens with zero attached hydrogens (tertiary/aromatic N) is 1. The predicted molar refractivity (Wildman–Crippen MR) is 50.2 cm³/mol. The van der Waals surface area contributed by atoms with E-state index in [0.717, 1.165) is 5.56 Å². The molecule has 0 radical (unpaired) electrons. The van der Waals surface area contributed by atoms with Crippen LogP contribution in [0.15, 0.2) is 24.5 Å². The molecule has 1 rings (SSSR count). The lowest BCUT2D eigenvalue weighted by Gasteiger charge is -2.16. The highest BCUT2D eigenvalue weighted by molar-refractivity contribution is 5.09. The zero-order chi connectivity index (χ0) is 9.52. The molecule has 1 heterocycles. The van der Waals surface area contributed by atoms with Crippen molar-refractivity contribution in [1.29, 1.82) is 0 Å². The summed E-state index contributed by atoms with van der Waals surface area (Å²) in [4.78, 5) is 4.01. The van der Waals surface area contributed by atoms with Crippen molar-refractivity contribution >= 4 is 0 Å². The highest BCUT2D eigenvalue weighted by Crippen LogP contribution is 2.16. The minimum atomic E-state index is -0.274. The van der Waals surface area contributed by atoms with Crippen molar-refractivity contribution in [2.45, 2.75) is 20.1 Å². The Morgan fingerprint density at radius 2 is 2.00 bits per heavy atom. The van der Waals surface area contributed by atoms with Gasteiger partial charge in [-0.15, -0.1) is 0 Å². The maximum atomic E-state index is 5.41. The molecule has 0 aliphatic rings. The summed E-state index contributed by atoms with van der Waals surface area (Å²) in [6.07, 6.45) is 3.22. The van der Waals surface area contributed by atoms with E-state index in [1.54, 1.807) is 12.4 Å². The second-order valence-electron chi connectivity index (χ2n) is 2.53. The molecule has 0 aromatic carbocycles. The number of hydrogen-bond acceptors (Lipinski definition) is 3. The van der Waals surface area contributed by atoms with Crippen molar-refractivity contribution in [1.82, 2.24) is 4.98 Å². The minimum Gasteiger partial charge on any atom is -0.349 e. The van der Waals surface area contributed by atoms with Gasteiger partial charge >= 0.3 is 0 Å². The van der Waals surface area contributed by atoms with Gasteiger partial charge in [-0.3, -0.25) is 4.98 Å². The Kier molecular flexibility index (Phi) is 4.43. The van der Waals surface area contributed by atoms with Crippen molar-refractivity contribution in [3.63, 3.8) is 0 Å². The van der Waals surface area contributed by atoms with Gasteiger partial charge in [0.25, 0.3) is 0 Å². The van der Waals surface area contributed by atoms with Crippen LogP contribution in [0.1, 0.15) is 25.7 Å². The molecule has 1 aromatic heterocycles. The average Bonchev–Trinajstić information content (AvgIpc) is 2.19. The molecule has 0 amide bonds. The summed E-state index contributed by atoms with van der Waals surface area (Å²) >= 11 is 0. The summed E-state index contributed by atoms with van der Waals surface area (Å²) in [5.41, 5.74) is 0.964. The fraction of sp³-hybridized carbons (Fsp3) is 0.500. The normalized spacial score (nSPS) is 10.7. The SMILES string of the molecule is CCOC(OCC)c1cccnc1.